The van der Waals surface area contributed by atoms with Crippen LogP contribution in [0.25, 0.3) is 0 Å². The number of nitrogens with zero attached hydrogens (tertiary/aromatic N) is 3. The molecule has 0 bridgehead atoms. The molecule has 1 atom stereocenters. The summed E-state index contributed by atoms with van der Waals surface area (Å²) >= 11 is 3.39. The van der Waals surface area contributed by atoms with Gasteiger partial charge in [-0.05, 0) is 12.3 Å². The van der Waals surface area contributed by atoms with Crippen molar-refractivity contribution in [3.63, 3.8) is 0 Å². The Morgan fingerprint density at radius 1 is 1.53 bits per heavy atom. The van der Waals surface area contributed by atoms with E-state index in [1.165, 1.54) is 6.20 Å². The van der Waals surface area contributed by atoms with Crippen molar-refractivity contribution in [2.45, 2.75) is 5.54 Å². The Hall–Kier alpha value is -1.07. The van der Waals surface area contributed by atoms with E-state index in [4.69, 9.17) is 0 Å². The van der Waals surface area contributed by atoms with Crippen LogP contribution in [0.4, 0.5) is 0 Å². The number of alkyl halides is 1. The second kappa shape index (κ2) is 3.83. The molecular weight excluding hydrogens is 258 g/mol. The number of hydroxylamine groups is 2. The van der Waals surface area contributed by atoms with Crippen molar-refractivity contribution in [2.24, 2.45) is 7.05 Å². The molecule has 2 rings (SSSR count). The van der Waals surface area contributed by atoms with Crippen molar-refractivity contribution in [3.8, 4) is 0 Å². The summed E-state index contributed by atoms with van der Waals surface area (Å²) in [4.78, 5) is 0. The van der Waals surface area contributed by atoms with Crippen molar-refractivity contribution in [3.05, 3.63) is 47.6 Å². The van der Waals surface area contributed by atoms with E-state index >= 15 is 0 Å². The maximum atomic E-state index is 11.9. The highest BCUT2D eigenvalue weighted by atomic mass is 79.9. The number of halogens is 1. The van der Waals surface area contributed by atoms with Crippen LogP contribution in [0.3, 0.4) is 0 Å². The van der Waals surface area contributed by atoms with Gasteiger partial charge in [0.05, 0.1) is 11.7 Å². The Labute approximate surface area is 96.6 Å². The molecule has 1 aromatic rings. The maximum absolute atomic E-state index is 11.9. The molecule has 80 valence electrons. The summed E-state index contributed by atoms with van der Waals surface area (Å²) < 4.78 is 1.69. The van der Waals surface area contributed by atoms with Gasteiger partial charge in [-0.1, -0.05) is 28.1 Å². The van der Waals surface area contributed by atoms with Gasteiger partial charge < -0.3 is 10.3 Å². The molecule has 0 aromatic carbocycles. The Bertz CT molecular complexity index is 413. The predicted molar refractivity (Wildman–Crippen MR) is 62.2 cm³/mol. The van der Waals surface area contributed by atoms with E-state index in [0.29, 0.717) is 5.33 Å². The van der Waals surface area contributed by atoms with Crippen molar-refractivity contribution < 1.29 is 0 Å². The molecule has 2 heterocycles. The summed E-state index contributed by atoms with van der Waals surface area (Å²) in [5.41, 5.74) is 0.223. The fourth-order valence-corrected chi connectivity index (χ4v) is 2.36. The first kappa shape index (κ1) is 10.4. The van der Waals surface area contributed by atoms with Crippen LogP contribution in [-0.4, -0.2) is 20.2 Å². The zero-order chi connectivity index (χ0) is 10.9. The number of hydrogen-bond donors (Lipinski definition) is 0. The summed E-state index contributed by atoms with van der Waals surface area (Å²) in [5, 5.41) is 17.4. The minimum Gasteiger partial charge on any atom is -0.758 e. The third-order valence-corrected chi connectivity index (χ3v) is 3.36. The number of aromatic nitrogens is 2. The molecule has 4 nitrogen and oxygen atoms in total. The van der Waals surface area contributed by atoms with E-state index in [1.54, 1.807) is 17.0 Å². The first-order valence-corrected chi connectivity index (χ1v) is 5.69. The van der Waals surface area contributed by atoms with Gasteiger partial charge in [-0.25, -0.2) is 0 Å². The highest BCUT2D eigenvalue weighted by Gasteiger charge is 2.31. The predicted octanol–water partition coefficient (Wildman–Crippen LogP) is 1.89. The van der Waals surface area contributed by atoms with Gasteiger partial charge in [0.15, 0.2) is 0 Å². The minimum absolute atomic E-state index is 0.538. The molecule has 15 heavy (non-hydrogen) atoms. The van der Waals surface area contributed by atoms with Crippen LogP contribution < -0.4 is 0 Å². The number of aryl methyl sites for hydroxylation is 1. The van der Waals surface area contributed by atoms with Crippen molar-refractivity contribution in [1.82, 2.24) is 14.8 Å². The fraction of sp³-hybridized carbons (Fsp3) is 0.300. The third-order valence-electron chi connectivity index (χ3n) is 2.51. The van der Waals surface area contributed by atoms with E-state index < -0.39 is 5.54 Å². The van der Waals surface area contributed by atoms with Crippen molar-refractivity contribution in [1.29, 1.82) is 0 Å². The van der Waals surface area contributed by atoms with Gasteiger partial charge in [0.2, 0.25) is 0 Å². The molecule has 1 aromatic heterocycles. The van der Waals surface area contributed by atoms with Gasteiger partial charge in [-0.3, -0.25) is 4.68 Å². The molecule has 0 radical (unpaired) electrons. The van der Waals surface area contributed by atoms with Gasteiger partial charge in [0.1, 0.15) is 0 Å². The summed E-state index contributed by atoms with van der Waals surface area (Å²) in [6.45, 7) is 0. The Morgan fingerprint density at radius 2 is 2.33 bits per heavy atom. The normalized spacial score (nSPS) is 24.9. The smallest absolute Gasteiger partial charge is 0.0860 e. The van der Waals surface area contributed by atoms with Crippen LogP contribution in [0, 0.1) is 5.21 Å². The average Bonchev–Trinajstić information content (AvgIpc) is 2.66. The summed E-state index contributed by atoms with van der Waals surface area (Å²) in [5.74, 6) is 0. The van der Waals surface area contributed by atoms with Gasteiger partial charge in [-0.15, -0.1) is 0 Å². The van der Waals surface area contributed by atoms with E-state index in [0.717, 1.165) is 10.6 Å². The molecule has 0 spiro atoms. The molecule has 0 aliphatic carbocycles. The summed E-state index contributed by atoms with van der Waals surface area (Å²) in [6.07, 6.45) is 10.6. The molecule has 0 fully saturated rings. The first-order chi connectivity index (χ1) is 7.19. The second-order valence-electron chi connectivity index (χ2n) is 3.49. The molecule has 1 unspecified atom stereocenters. The quantitative estimate of drug-likeness (QED) is 0.770. The monoisotopic (exact) mass is 268 g/mol. The van der Waals surface area contributed by atoms with Crippen molar-refractivity contribution >= 4 is 15.9 Å². The zero-order valence-electron chi connectivity index (χ0n) is 8.30. The first-order valence-electron chi connectivity index (χ1n) is 4.56. The Kier molecular flexibility index (Phi) is 2.67. The number of rotatable bonds is 2. The van der Waals surface area contributed by atoms with Crippen LogP contribution in [0.1, 0.15) is 5.56 Å². The number of hydrogen-bond acceptors (Lipinski definition) is 3. The molecular formula is C10H11BrN3O-. The Balaban J connectivity index is 2.45. The lowest BCUT2D eigenvalue weighted by Gasteiger charge is -2.46. The molecule has 0 saturated carbocycles. The van der Waals surface area contributed by atoms with Crippen LogP contribution in [0.5, 0.6) is 0 Å². The molecule has 1 aliphatic heterocycles. The van der Waals surface area contributed by atoms with Gasteiger partial charge in [0, 0.05) is 24.1 Å². The maximum Gasteiger partial charge on any atom is 0.0860 e. The third kappa shape index (κ3) is 1.61. The molecule has 1 aliphatic rings. The van der Waals surface area contributed by atoms with Gasteiger partial charge in [0.25, 0.3) is 0 Å². The van der Waals surface area contributed by atoms with Crippen LogP contribution in [-0.2, 0) is 12.6 Å². The van der Waals surface area contributed by atoms with Crippen LogP contribution >= 0.6 is 15.9 Å². The largest absolute Gasteiger partial charge is 0.758 e. The second-order valence-corrected chi connectivity index (χ2v) is 4.05. The molecule has 0 N–H and O–H groups in total. The van der Waals surface area contributed by atoms with Crippen molar-refractivity contribution in [2.75, 3.05) is 5.33 Å². The fourth-order valence-electron chi connectivity index (χ4n) is 1.60. The van der Waals surface area contributed by atoms with Gasteiger partial charge in [-0.2, -0.15) is 5.10 Å². The Morgan fingerprint density at radius 3 is 2.87 bits per heavy atom. The highest BCUT2D eigenvalue weighted by Crippen LogP contribution is 2.33. The van der Waals surface area contributed by atoms with E-state index in [9.17, 15) is 5.21 Å². The lowest BCUT2D eigenvalue weighted by atomic mass is 9.92. The number of allylic oxidation sites excluding steroid dienone is 2. The average molecular weight is 269 g/mol. The van der Waals surface area contributed by atoms with Gasteiger partial charge >= 0.3 is 0 Å². The molecule has 5 heteroatoms. The van der Waals surface area contributed by atoms with E-state index in [-0.39, 0.29) is 0 Å². The topological polar surface area (TPSA) is 44.1 Å². The molecule has 0 amide bonds. The summed E-state index contributed by atoms with van der Waals surface area (Å²) in [7, 11) is 1.84. The highest BCUT2D eigenvalue weighted by molar-refractivity contribution is 9.09. The van der Waals surface area contributed by atoms with Crippen LogP contribution in [0.15, 0.2) is 36.8 Å². The lowest BCUT2D eigenvalue weighted by Crippen LogP contribution is -2.40. The van der Waals surface area contributed by atoms with E-state index in [2.05, 4.69) is 21.0 Å². The lowest BCUT2D eigenvalue weighted by molar-refractivity contribution is 0.304. The van der Waals surface area contributed by atoms with Crippen LogP contribution in [0.2, 0.25) is 0 Å². The molecule has 0 saturated heterocycles. The van der Waals surface area contributed by atoms with E-state index in [1.807, 2.05) is 25.4 Å². The SMILES string of the molecule is Cn1cc(C2(CBr)C=CC=CN2[O-])cn1. The standard InChI is InChI=1S/C10H11BrN3O/c1-13-7-9(6-12-13)10(8-11)4-2-3-5-14(10)15/h2-7H,8H2,1H3/q-1. The zero-order valence-corrected chi connectivity index (χ0v) is 9.89. The summed E-state index contributed by atoms with van der Waals surface area (Å²) in [6, 6.07) is 0. The minimum atomic E-state index is -0.664.